The van der Waals surface area contributed by atoms with Gasteiger partial charge in [0.15, 0.2) is 0 Å². The molecule has 4 N–H and O–H groups in total. The Hall–Kier alpha value is -3.43. The first kappa shape index (κ1) is 32.5. The van der Waals surface area contributed by atoms with E-state index in [0.717, 1.165) is 69.3 Å². The molecule has 0 bridgehead atoms. The maximum Gasteiger partial charge on any atom is 0.406 e. The lowest BCUT2D eigenvalue weighted by Crippen LogP contribution is -2.54. The first-order valence-electron chi connectivity index (χ1n) is 16.3. The van der Waals surface area contributed by atoms with Gasteiger partial charge in [-0.3, -0.25) is 5.32 Å². The van der Waals surface area contributed by atoms with Crippen molar-refractivity contribution in [1.29, 1.82) is 0 Å². The van der Waals surface area contributed by atoms with Gasteiger partial charge in [0.25, 0.3) is 0 Å². The predicted octanol–water partition coefficient (Wildman–Crippen LogP) is 5.86. The van der Waals surface area contributed by atoms with Crippen LogP contribution in [0.3, 0.4) is 0 Å². The Labute approximate surface area is 268 Å². The van der Waals surface area contributed by atoms with Crippen LogP contribution < -0.4 is 20.7 Å². The third-order valence-electron chi connectivity index (χ3n) is 9.93. The molecule has 1 atom stereocenters. The van der Waals surface area contributed by atoms with E-state index < -0.39 is 18.9 Å². The van der Waals surface area contributed by atoms with Crippen LogP contribution in [0.2, 0.25) is 0 Å². The number of benzene rings is 2. The van der Waals surface area contributed by atoms with E-state index in [1.165, 1.54) is 18.1 Å². The van der Waals surface area contributed by atoms with Crippen LogP contribution in [0.15, 0.2) is 42.5 Å². The van der Waals surface area contributed by atoms with Gasteiger partial charge in [-0.05, 0) is 93.8 Å². The molecular weight excluding hydrogens is 595 g/mol. The van der Waals surface area contributed by atoms with Crippen LogP contribution in [-0.2, 0) is 11.3 Å². The summed E-state index contributed by atoms with van der Waals surface area (Å²) >= 11 is 0. The summed E-state index contributed by atoms with van der Waals surface area (Å²) in [6, 6.07) is 13.4. The van der Waals surface area contributed by atoms with Crippen LogP contribution in [0.1, 0.15) is 62.4 Å². The summed E-state index contributed by atoms with van der Waals surface area (Å²) < 4.78 is 53.8. The van der Waals surface area contributed by atoms with E-state index in [1.807, 2.05) is 12.1 Å². The molecule has 1 spiro atoms. The molecule has 3 fully saturated rings. The average molecular weight is 640 g/mol. The minimum absolute atomic E-state index is 0.160. The molecule has 0 amide bonds. The van der Waals surface area contributed by atoms with Crippen LogP contribution in [0.25, 0.3) is 10.9 Å². The summed E-state index contributed by atoms with van der Waals surface area (Å²) in [4.78, 5) is 2.64. The quantitative estimate of drug-likeness (QED) is 0.172. The number of aliphatic hydroxyl groups is 1. The highest BCUT2D eigenvalue weighted by Gasteiger charge is 2.42. The molecule has 2 aliphatic heterocycles. The SMILES string of the molecule is CNC(O)c1ccc(NCC#Cc2cc3c(NC4CCC(N5CCC6(CCO6)CC5)CC4)cccc3n2CC(F)(F)F)c(OC)c1. The fourth-order valence-corrected chi connectivity index (χ4v) is 7.22. The van der Waals surface area contributed by atoms with Gasteiger partial charge in [-0.1, -0.05) is 18.1 Å². The summed E-state index contributed by atoms with van der Waals surface area (Å²) in [5, 5.41) is 20.4. The third kappa shape index (κ3) is 7.26. The minimum atomic E-state index is -4.39. The van der Waals surface area contributed by atoms with Gasteiger partial charge in [-0.15, -0.1) is 0 Å². The molecule has 8 nitrogen and oxygen atoms in total. The summed E-state index contributed by atoms with van der Waals surface area (Å²) in [6.07, 6.45) is 2.52. The number of nitrogens with one attached hydrogen (secondary N) is 3. The molecule has 46 heavy (non-hydrogen) atoms. The molecule has 11 heteroatoms. The van der Waals surface area contributed by atoms with Crippen molar-refractivity contribution >= 4 is 22.3 Å². The normalized spacial score (nSPS) is 22.1. The Morgan fingerprint density at radius 2 is 1.83 bits per heavy atom. The van der Waals surface area contributed by atoms with Gasteiger partial charge in [0, 0.05) is 36.2 Å². The zero-order valence-corrected chi connectivity index (χ0v) is 26.6. The molecule has 1 saturated carbocycles. The second kappa shape index (κ2) is 13.7. The van der Waals surface area contributed by atoms with Gasteiger partial charge >= 0.3 is 6.18 Å². The number of likely N-dealkylation sites (tertiary alicyclic amines) is 1. The third-order valence-corrected chi connectivity index (χ3v) is 9.93. The standard InChI is InChI=1S/C35H44F3N5O3/c1-39-33(44)24-8-13-30(32(21-24)45-2)40-17-4-5-27-22-28-29(6-3-7-31(28)43(27)23-35(36,37)38)41-25-9-11-26(12-10-25)42-18-14-34(15-19-42)16-20-46-34/h3,6-8,13,21-22,25-26,33,39-41,44H,9-12,14-20,23H2,1-2H3. The molecule has 0 radical (unpaired) electrons. The van der Waals surface area contributed by atoms with Crippen molar-refractivity contribution in [2.24, 2.45) is 0 Å². The zero-order chi connectivity index (χ0) is 32.3. The van der Waals surface area contributed by atoms with E-state index in [0.29, 0.717) is 34.3 Å². The highest BCUT2D eigenvalue weighted by atomic mass is 19.4. The Kier molecular flexibility index (Phi) is 9.71. The molecule has 3 aliphatic rings. The summed E-state index contributed by atoms with van der Waals surface area (Å²) in [5.41, 5.74) is 3.13. The zero-order valence-electron chi connectivity index (χ0n) is 26.6. The van der Waals surface area contributed by atoms with Crippen LogP contribution >= 0.6 is 0 Å². The number of anilines is 2. The second-order valence-electron chi connectivity index (χ2n) is 12.7. The highest BCUT2D eigenvalue weighted by molar-refractivity contribution is 5.94. The van der Waals surface area contributed by atoms with Gasteiger partial charge in [-0.2, -0.15) is 13.2 Å². The number of halogens is 3. The molecule has 3 heterocycles. The van der Waals surface area contributed by atoms with E-state index in [2.05, 4.69) is 32.7 Å². The predicted molar refractivity (Wildman–Crippen MR) is 174 cm³/mol. The molecular formula is C35H44F3N5O3. The van der Waals surface area contributed by atoms with Gasteiger partial charge < -0.3 is 34.7 Å². The molecule has 1 aliphatic carbocycles. The number of nitrogens with zero attached hydrogens (tertiary/aromatic N) is 2. The number of alkyl halides is 3. The first-order chi connectivity index (χ1) is 22.2. The topological polar surface area (TPSA) is 83.0 Å². The highest BCUT2D eigenvalue weighted by Crippen LogP contribution is 2.39. The largest absolute Gasteiger partial charge is 0.495 e. The number of aliphatic hydroxyl groups excluding tert-OH is 1. The van der Waals surface area contributed by atoms with Gasteiger partial charge in [0.1, 0.15) is 18.5 Å². The Balaban J connectivity index is 1.13. The Bertz CT molecular complexity index is 1560. The molecule has 2 aromatic carbocycles. The maximum absolute atomic E-state index is 13.7. The van der Waals surface area contributed by atoms with Gasteiger partial charge in [0.05, 0.1) is 42.8 Å². The number of aromatic nitrogens is 1. The lowest BCUT2D eigenvalue weighted by atomic mass is 9.82. The van der Waals surface area contributed by atoms with Crippen molar-refractivity contribution in [3.8, 4) is 17.6 Å². The summed E-state index contributed by atoms with van der Waals surface area (Å²) in [6.45, 7) is 2.19. The fourth-order valence-electron chi connectivity index (χ4n) is 7.22. The van der Waals surface area contributed by atoms with E-state index in [1.54, 1.807) is 37.4 Å². The van der Waals surface area contributed by atoms with Crippen molar-refractivity contribution in [2.45, 2.75) is 81.6 Å². The molecule has 1 unspecified atom stereocenters. The number of hydrogen-bond acceptors (Lipinski definition) is 7. The number of hydrogen-bond donors (Lipinski definition) is 4. The lowest BCUT2D eigenvalue weighted by molar-refractivity contribution is -0.176. The number of piperidine rings is 1. The Morgan fingerprint density at radius 3 is 2.48 bits per heavy atom. The number of rotatable bonds is 9. The van der Waals surface area contributed by atoms with E-state index in [-0.39, 0.29) is 18.2 Å². The van der Waals surface area contributed by atoms with Crippen molar-refractivity contribution in [3.05, 3.63) is 53.7 Å². The van der Waals surface area contributed by atoms with Crippen molar-refractivity contribution in [3.63, 3.8) is 0 Å². The van der Waals surface area contributed by atoms with Crippen LogP contribution in [0.5, 0.6) is 5.75 Å². The first-order valence-corrected chi connectivity index (χ1v) is 16.3. The maximum atomic E-state index is 13.7. The fraction of sp³-hybridized carbons (Fsp3) is 0.543. The van der Waals surface area contributed by atoms with E-state index in [9.17, 15) is 18.3 Å². The van der Waals surface area contributed by atoms with Crippen molar-refractivity contribution in [2.75, 3.05) is 51.0 Å². The van der Waals surface area contributed by atoms with Crippen LogP contribution in [0, 0.1) is 11.8 Å². The van der Waals surface area contributed by atoms with Crippen LogP contribution in [0.4, 0.5) is 24.5 Å². The van der Waals surface area contributed by atoms with E-state index >= 15 is 0 Å². The smallest absolute Gasteiger partial charge is 0.406 e. The van der Waals surface area contributed by atoms with Crippen LogP contribution in [-0.4, -0.2) is 78.8 Å². The van der Waals surface area contributed by atoms with Gasteiger partial charge in [0.2, 0.25) is 0 Å². The molecule has 2 saturated heterocycles. The molecule has 6 rings (SSSR count). The summed E-state index contributed by atoms with van der Waals surface area (Å²) in [7, 11) is 3.18. The second-order valence-corrected chi connectivity index (χ2v) is 12.7. The van der Waals surface area contributed by atoms with Crippen molar-refractivity contribution in [1.82, 2.24) is 14.8 Å². The van der Waals surface area contributed by atoms with Crippen molar-refractivity contribution < 1.29 is 27.8 Å². The molecule has 248 valence electrons. The van der Waals surface area contributed by atoms with Gasteiger partial charge in [-0.25, -0.2) is 0 Å². The number of methoxy groups -OCH3 is 1. The lowest BCUT2D eigenvalue weighted by Gasteiger charge is -2.50. The Morgan fingerprint density at radius 1 is 1.07 bits per heavy atom. The molecule has 1 aromatic heterocycles. The number of ether oxygens (including phenoxy) is 2. The minimum Gasteiger partial charge on any atom is -0.495 e. The molecule has 3 aromatic rings. The average Bonchev–Trinajstić information content (AvgIpc) is 3.38. The summed E-state index contributed by atoms with van der Waals surface area (Å²) in [5.74, 6) is 6.49. The monoisotopic (exact) mass is 639 g/mol. The number of fused-ring (bicyclic) bond motifs is 1. The van der Waals surface area contributed by atoms with E-state index in [4.69, 9.17) is 9.47 Å².